The minimum atomic E-state index is -0.403. The summed E-state index contributed by atoms with van der Waals surface area (Å²) in [5.74, 6) is -0.0693. The van der Waals surface area contributed by atoms with Crippen LogP contribution < -0.4 is 4.90 Å². The van der Waals surface area contributed by atoms with Crippen LogP contribution in [0.5, 0.6) is 0 Å². The Kier molecular flexibility index (Phi) is 5.59. The van der Waals surface area contributed by atoms with Crippen molar-refractivity contribution >= 4 is 17.3 Å². The molecular formula is C25H24N6O3. The summed E-state index contributed by atoms with van der Waals surface area (Å²) in [6.07, 6.45) is 1.95. The zero-order valence-corrected chi connectivity index (χ0v) is 18.7. The van der Waals surface area contributed by atoms with Crippen molar-refractivity contribution in [2.45, 2.75) is 0 Å². The third-order valence-electron chi connectivity index (χ3n) is 6.13. The van der Waals surface area contributed by atoms with Gasteiger partial charge in [-0.2, -0.15) is 5.10 Å². The van der Waals surface area contributed by atoms with E-state index < -0.39 is 4.92 Å². The van der Waals surface area contributed by atoms with Crippen molar-refractivity contribution in [1.29, 1.82) is 0 Å². The van der Waals surface area contributed by atoms with Gasteiger partial charge in [-0.25, -0.2) is 4.68 Å². The molecule has 1 aliphatic rings. The van der Waals surface area contributed by atoms with Crippen LogP contribution >= 0.6 is 0 Å². The van der Waals surface area contributed by atoms with Gasteiger partial charge in [0, 0.05) is 57.2 Å². The van der Waals surface area contributed by atoms with Crippen LogP contribution in [0.3, 0.4) is 0 Å². The van der Waals surface area contributed by atoms with Crippen LogP contribution in [-0.2, 0) is 7.05 Å². The number of rotatable bonds is 5. The van der Waals surface area contributed by atoms with Gasteiger partial charge in [0.25, 0.3) is 11.6 Å². The summed E-state index contributed by atoms with van der Waals surface area (Å²) in [5.41, 5.74) is 4.01. The summed E-state index contributed by atoms with van der Waals surface area (Å²) in [5, 5.41) is 15.7. The SMILES string of the molecule is Cn1cccc1-c1cc(C(=O)N2CCN(c3ccc([N+](=O)[O-])cc3)CC2)n(-c2ccccc2)n1. The predicted octanol–water partition coefficient (Wildman–Crippen LogP) is 3.75. The molecule has 1 aliphatic heterocycles. The lowest BCUT2D eigenvalue weighted by Crippen LogP contribution is -2.49. The van der Waals surface area contributed by atoms with Gasteiger partial charge in [-0.3, -0.25) is 14.9 Å². The van der Waals surface area contributed by atoms with Crippen molar-refractivity contribution < 1.29 is 9.72 Å². The van der Waals surface area contributed by atoms with E-state index in [9.17, 15) is 14.9 Å². The molecule has 1 fully saturated rings. The molecule has 4 aromatic rings. The molecule has 1 saturated heterocycles. The Morgan fingerprint density at radius 2 is 1.62 bits per heavy atom. The summed E-state index contributed by atoms with van der Waals surface area (Å²) < 4.78 is 3.70. The first-order chi connectivity index (χ1) is 16.5. The van der Waals surface area contributed by atoms with E-state index in [4.69, 9.17) is 5.10 Å². The highest BCUT2D eigenvalue weighted by molar-refractivity contribution is 5.94. The monoisotopic (exact) mass is 456 g/mol. The molecular weight excluding hydrogens is 432 g/mol. The molecule has 0 atom stereocenters. The van der Waals surface area contributed by atoms with Gasteiger partial charge in [-0.05, 0) is 42.5 Å². The van der Waals surface area contributed by atoms with Gasteiger partial charge in [-0.15, -0.1) is 0 Å². The summed E-state index contributed by atoms with van der Waals surface area (Å²) >= 11 is 0. The number of hydrogen-bond donors (Lipinski definition) is 0. The maximum atomic E-state index is 13.6. The van der Waals surface area contributed by atoms with Crippen LogP contribution in [-0.4, -0.2) is 56.3 Å². The van der Waals surface area contributed by atoms with Crippen molar-refractivity contribution in [1.82, 2.24) is 19.2 Å². The summed E-state index contributed by atoms with van der Waals surface area (Å²) in [4.78, 5) is 28.1. The molecule has 34 heavy (non-hydrogen) atoms. The minimum absolute atomic E-state index is 0.0693. The first-order valence-electron chi connectivity index (χ1n) is 11.1. The zero-order chi connectivity index (χ0) is 23.7. The number of anilines is 1. The first kappa shape index (κ1) is 21.4. The van der Waals surface area contributed by atoms with Gasteiger partial charge in [0.1, 0.15) is 11.4 Å². The Morgan fingerprint density at radius 1 is 0.912 bits per heavy atom. The number of nitro groups is 1. The second kappa shape index (κ2) is 8.86. The zero-order valence-electron chi connectivity index (χ0n) is 18.7. The Labute approximate surface area is 196 Å². The number of amides is 1. The number of aryl methyl sites for hydroxylation is 1. The summed E-state index contributed by atoms with van der Waals surface area (Å²) in [6.45, 7) is 2.39. The third-order valence-corrected chi connectivity index (χ3v) is 6.13. The molecule has 0 saturated carbocycles. The molecule has 5 rings (SSSR count). The number of non-ortho nitro benzene ring substituents is 1. The normalized spacial score (nSPS) is 13.8. The average molecular weight is 457 g/mol. The van der Waals surface area contributed by atoms with Crippen LogP contribution in [0.25, 0.3) is 17.1 Å². The number of para-hydroxylation sites is 1. The van der Waals surface area contributed by atoms with E-state index in [1.165, 1.54) is 12.1 Å². The van der Waals surface area contributed by atoms with Crippen molar-refractivity contribution in [2.24, 2.45) is 7.05 Å². The fourth-order valence-electron chi connectivity index (χ4n) is 4.27. The third kappa shape index (κ3) is 4.03. The Balaban J connectivity index is 1.38. The van der Waals surface area contributed by atoms with Crippen LogP contribution in [0.2, 0.25) is 0 Å². The van der Waals surface area contributed by atoms with Crippen molar-refractivity contribution in [3.63, 3.8) is 0 Å². The molecule has 2 aromatic carbocycles. The minimum Gasteiger partial charge on any atom is -0.368 e. The number of carbonyl (C=O) groups excluding carboxylic acids is 1. The van der Waals surface area contributed by atoms with Crippen LogP contribution in [0, 0.1) is 10.1 Å². The van der Waals surface area contributed by atoms with Crippen molar-refractivity contribution in [2.75, 3.05) is 31.1 Å². The fourth-order valence-corrected chi connectivity index (χ4v) is 4.27. The number of piperazine rings is 1. The molecule has 0 radical (unpaired) electrons. The molecule has 0 unspecified atom stereocenters. The number of hydrogen-bond acceptors (Lipinski definition) is 5. The Morgan fingerprint density at radius 3 is 2.24 bits per heavy atom. The van der Waals surface area contributed by atoms with E-state index in [2.05, 4.69) is 4.90 Å². The lowest BCUT2D eigenvalue weighted by atomic mass is 10.2. The molecule has 172 valence electrons. The number of benzene rings is 2. The van der Waals surface area contributed by atoms with E-state index in [1.807, 2.05) is 71.2 Å². The standard InChI is InChI=1S/C25H24N6O3/c1-27-13-5-8-23(27)22-18-24(30(26-22)20-6-3-2-4-7-20)25(32)29-16-14-28(15-17-29)19-9-11-21(12-10-19)31(33)34/h2-13,18H,14-17H2,1H3. The highest BCUT2D eigenvalue weighted by atomic mass is 16.6. The molecule has 0 N–H and O–H groups in total. The Bertz CT molecular complexity index is 1320. The van der Waals surface area contributed by atoms with Crippen molar-refractivity contribution in [3.05, 3.63) is 94.8 Å². The molecule has 0 aliphatic carbocycles. The van der Waals surface area contributed by atoms with E-state index >= 15 is 0 Å². The molecule has 2 aromatic heterocycles. The van der Waals surface area contributed by atoms with Crippen molar-refractivity contribution in [3.8, 4) is 17.1 Å². The Hall–Kier alpha value is -4.40. The van der Waals surface area contributed by atoms with Gasteiger partial charge < -0.3 is 14.4 Å². The molecule has 9 nitrogen and oxygen atoms in total. The first-order valence-corrected chi connectivity index (χ1v) is 11.1. The van der Waals surface area contributed by atoms with Gasteiger partial charge in [-0.1, -0.05) is 18.2 Å². The maximum Gasteiger partial charge on any atom is 0.272 e. The lowest BCUT2D eigenvalue weighted by Gasteiger charge is -2.36. The number of aromatic nitrogens is 3. The summed E-state index contributed by atoms with van der Waals surface area (Å²) in [6, 6.07) is 22.0. The smallest absolute Gasteiger partial charge is 0.272 e. The average Bonchev–Trinajstić information content (AvgIpc) is 3.50. The summed E-state index contributed by atoms with van der Waals surface area (Å²) in [7, 11) is 1.95. The predicted molar refractivity (Wildman–Crippen MR) is 129 cm³/mol. The maximum absolute atomic E-state index is 13.6. The molecule has 0 spiro atoms. The highest BCUT2D eigenvalue weighted by Gasteiger charge is 2.27. The van der Waals surface area contributed by atoms with E-state index in [1.54, 1.807) is 16.8 Å². The van der Waals surface area contributed by atoms with E-state index in [-0.39, 0.29) is 11.6 Å². The molecule has 0 bridgehead atoms. The topological polar surface area (TPSA) is 89.4 Å². The van der Waals surface area contributed by atoms with Crippen LogP contribution in [0.4, 0.5) is 11.4 Å². The second-order valence-electron chi connectivity index (χ2n) is 8.22. The molecule has 1 amide bonds. The van der Waals surface area contributed by atoms with E-state index in [0.717, 1.165) is 22.8 Å². The van der Waals surface area contributed by atoms with E-state index in [0.29, 0.717) is 31.9 Å². The van der Waals surface area contributed by atoms with Gasteiger partial charge in [0.15, 0.2) is 0 Å². The van der Waals surface area contributed by atoms with Crippen LogP contribution in [0.1, 0.15) is 10.5 Å². The second-order valence-corrected chi connectivity index (χ2v) is 8.22. The quantitative estimate of drug-likeness (QED) is 0.337. The number of nitro benzene ring substituents is 1. The van der Waals surface area contributed by atoms with Crippen LogP contribution in [0.15, 0.2) is 79.0 Å². The largest absolute Gasteiger partial charge is 0.368 e. The lowest BCUT2D eigenvalue weighted by molar-refractivity contribution is -0.384. The molecule has 9 heteroatoms. The van der Waals surface area contributed by atoms with Gasteiger partial charge >= 0.3 is 0 Å². The van der Waals surface area contributed by atoms with Gasteiger partial charge in [0.05, 0.1) is 16.3 Å². The highest BCUT2D eigenvalue weighted by Crippen LogP contribution is 2.25. The van der Waals surface area contributed by atoms with Gasteiger partial charge in [0.2, 0.25) is 0 Å². The fraction of sp³-hybridized carbons (Fsp3) is 0.200. The molecule has 3 heterocycles. The number of carbonyl (C=O) groups is 1. The number of nitrogens with zero attached hydrogens (tertiary/aromatic N) is 6.